The number of primary amides is 1. The van der Waals surface area contributed by atoms with Crippen molar-refractivity contribution in [3.05, 3.63) is 36.5 Å². The van der Waals surface area contributed by atoms with E-state index in [0.717, 1.165) is 70.6 Å². The monoisotopic (exact) mass is 980 g/mol. The van der Waals surface area contributed by atoms with E-state index in [4.69, 9.17) is 5.73 Å². The highest BCUT2D eigenvalue weighted by Crippen LogP contribution is 2.23. The van der Waals surface area contributed by atoms with Crippen LogP contribution in [-0.4, -0.2) is 29.3 Å². The van der Waals surface area contributed by atoms with Crippen LogP contribution >= 0.6 is 0 Å². The van der Waals surface area contributed by atoms with Crippen molar-refractivity contribution in [1.82, 2.24) is 10.6 Å². The van der Waals surface area contributed by atoms with Gasteiger partial charge in [-0.15, -0.1) is 0 Å². The van der Waals surface area contributed by atoms with Gasteiger partial charge in [-0.3, -0.25) is 14.4 Å². The molecule has 0 rings (SSSR count). The molecule has 0 aromatic carbocycles. The summed E-state index contributed by atoms with van der Waals surface area (Å²) in [6.07, 6.45) is 71.9. The normalized spacial score (nSPS) is 13.2. The number of allylic oxidation sites excluding steroid dienone is 6. The maximum atomic E-state index is 13.5. The molecular weight excluding hydrogens is 859 g/mol. The Morgan fingerprint density at radius 3 is 0.900 bits per heavy atom. The molecule has 410 valence electrons. The SMILES string of the molecule is CCCCCCCC/C=C\CCCCCCCCCCCC(=O)NC(CCCCC/C=C\CCCCCCCC)C(CC)(NC(=O)CCCCCCCCCCC/C=C\CCCCCCCC)C(N)=O. The molecule has 0 bridgehead atoms. The van der Waals surface area contributed by atoms with E-state index in [9.17, 15) is 14.4 Å². The van der Waals surface area contributed by atoms with Gasteiger partial charge in [0.1, 0.15) is 5.54 Å². The number of unbranched alkanes of at least 4 members (excludes halogenated alkanes) is 39. The highest BCUT2D eigenvalue weighted by Gasteiger charge is 2.44. The van der Waals surface area contributed by atoms with Gasteiger partial charge in [-0.25, -0.2) is 0 Å². The van der Waals surface area contributed by atoms with Gasteiger partial charge in [0.2, 0.25) is 17.7 Å². The standard InChI is InChI=1S/C64H121N3O3/c1-5-9-12-15-18-21-24-27-29-31-33-35-37-40-43-46-49-52-55-58-61(68)66-60(57-54-51-48-45-42-39-26-23-20-17-14-11-7-3)64(8-4,63(65)70)67-62(69)59-56-53-50-47-44-41-38-36-34-32-30-28-25-22-19-16-13-10-6-2/h27-30,39,42,60H,5-26,31-38,40-41,43-59H2,1-4H3,(H2,65,70)(H,66,68)(H,67,69)/b29-27-,30-28-,42-39-. The topological polar surface area (TPSA) is 101 Å². The molecule has 6 nitrogen and oxygen atoms in total. The minimum atomic E-state index is -1.29. The fraction of sp³-hybridized carbons (Fsp3) is 0.859. The van der Waals surface area contributed by atoms with Gasteiger partial charge >= 0.3 is 0 Å². The van der Waals surface area contributed by atoms with E-state index in [1.165, 1.54) is 218 Å². The Bertz CT molecular complexity index is 1230. The van der Waals surface area contributed by atoms with Gasteiger partial charge in [-0.05, 0) is 103 Å². The first-order chi connectivity index (χ1) is 34.4. The lowest BCUT2D eigenvalue weighted by Gasteiger charge is -2.39. The highest BCUT2D eigenvalue weighted by molar-refractivity contribution is 5.92. The molecule has 0 aliphatic carbocycles. The number of nitrogens with two attached hydrogens (primary N) is 1. The van der Waals surface area contributed by atoms with E-state index in [2.05, 4.69) is 67.9 Å². The Balaban J connectivity index is 4.75. The lowest BCUT2D eigenvalue weighted by molar-refractivity contribution is -0.134. The molecule has 6 heteroatoms. The van der Waals surface area contributed by atoms with Crippen molar-refractivity contribution in [2.75, 3.05) is 0 Å². The summed E-state index contributed by atoms with van der Waals surface area (Å²) in [6.45, 7) is 8.74. The molecule has 0 radical (unpaired) electrons. The van der Waals surface area contributed by atoms with Gasteiger partial charge in [-0.2, -0.15) is 0 Å². The Morgan fingerprint density at radius 1 is 0.357 bits per heavy atom. The molecule has 0 aliphatic rings. The summed E-state index contributed by atoms with van der Waals surface area (Å²) < 4.78 is 0. The molecule has 0 aliphatic heterocycles. The van der Waals surface area contributed by atoms with E-state index < -0.39 is 17.5 Å². The number of hydrogen-bond acceptors (Lipinski definition) is 3. The van der Waals surface area contributed by atoms with Gasteiger partial charge in [0.15, 0.2) is 0 Å². The van der Waals surface area contributed by atoms with Crippen molar-refractivity contribution in [1.29, 1.82) is 0 Å². The fourth-order valence-corrected chi connectivity index (χ4v) is 10.0. The molecule has 0 saturated carbocycles. The summed E-state index contributed by atoms with van der Waals surface area (Å²) in [6, 6.07) is -0.522. The van der Waals surface area contributed by atoms with Crippen LogP contribution in [0.2, 0.25) is 0 Å². The predicted molar refractivity (Wildman–Crippen MR) is 308 cm³/mol. The van der Waals surface area contributed by atoms with Crippen molar-refractivity contribution in [2.24, 2.45) is 5.73 Å². The van der Waals surface area contributed by atoms with Crippen LogP contribution in [0.25, 0.3) is 0 Å². The van der Waals surface area contributed by atoms with Crippen molar-refractivity contribution in [3.63, 3.8) is 0 Å². The third-order valence-corrected chi connectivity index (χ3v) is 14.9. The molecule has 0 heterocycles. The molecule has 0 saturated heterocycles. The summed E-state index contributed by atoms with van der Waals surface area (Å²) in [7, 11) is 0. The average molecular weight is 981 g/mol. The molecule has 2 atom stereocenters. The van der Waals surface area contributed by atoms with Crippen molar-refractivity contribution < 1.29 is 14.4 Å². The first kappa shape index (κ1) is 67.6. The molecule has 0 spiro atoms. The number of carbonyl (C=O) groups is 3. The lowest BCUT2D eigenvalue weighted by Crippen LogP contribution is -2.68. The number of carbonyl (C=O) groups excluding carboxylic acids is 3. The van der Waals surface area contributed by atoms with Gasteiger partial charge in [-0.1, -0.05) is 263 Å². The maximum absolute atomic E-state index is 13.5. The summed E-state index contributed by atoms with van der Waals surface area (Å²) in [4.78, 5) is 40.4. The molecule has 2 unspecified atom stereocenters. The summed E-state index contributed by atoms with van der Waals surface area (Å²) in [5, 5.41) is 6.37. The second-order valence-electron chi connectivity index (χ2n) is 21.5. The molecule has 0 fully saturated rings. The predicted octanol–water partition coefficient (Wildman–Crippen LogP) is 19.7. The quantitative estimate of drug-likeness (QED) is 0.0418. The van der Waals surface area contributed by atoms with E-state index in [1.54, 1.807) is 0 Å². The molecule has 0 aromatic heterocycles. The molecule has 70 heavy (non-hydrogen) atoms. The zero-order valence-electron chi connectivity index (χ0n) is 47.5. The summed E-state index contributed by atoms with van der Waals surface area (Å²) in [5.41, 5.74) is 4.89. The lowest BCUT2D eigenvalue weighted by atomic mass is 9.82. The van der Waals surface area contributed by atoms with Crippen molar-refractivity contribution >= 4 is 17.7 Å². The van der Waals surface area contributed by atoms with Crippen LogP contribution in [0, 0.1) is 0 Å². The van der Waals surface area contributed by atoms with Crippen LogP contribution < -0.4 is 16.4 Å². The number of nitrogens with one attached hydrogen (secondary N) is 2. The third-order valence-electron chi connectivity index (χ3n) is 14.9. The van der Waals surface area contributed by atoms with Gasteiger partial charge < -0.3 is 16.4 Å². The van der Waals surface area contributed by atoms with Crippen LogP contribution in [0.3, 0.4) is 0 Å². The molecule has 3 amide bonds. The van der Waals surface area contributed by atoms with Crippen LogP contribution in [0.5, 0.6) is 0 Å². The van der Waals surface area contributed by atoms with Crippen LogP contribution in [0.4, 0.5) is 0 Å². The number of hydrogen-bond donors (Lipinski definition) is 3. The Kier molecular flexibility index (Phi) is 52.6. The van der Waals surface area contributed by atoms with E-state index in [0.29, 0.717) is 25.7 Å². The van der Waals surface area contributed by atoms with Crippen molar-refractivity contribution in [2.45, 2.75) is 354 Å². The first-order valence-electron chi connectivity index (χ1n) is 31.2. The minimum Gasteiger partial charge on any atom is -0.368 e. The fourth-order valence-electron chi connectivity index (χ4n) is 10.0. The second kappa shape index (κ2) is 54.4. The van der Waals surface area contributed by atoms with Crippen LogP contribution in [-0.2, 0) is 14.4 Å². The van der Waals surface area contributed by atoms with Crippen LogP contribution in [0.1, 0.15) is 342 Å². The number of rotatable bonds is 56. The van der Waals surface area contributed by atoms with E-state index >= 15 is 0 Å². The van der Waals surface area contributed by atoms with E-state index in [1.807, 2.05) is 6.92 Å². The highest BCUT2D eigenvalue weighted by atomic mass is 16.2. The number of amides is 3. The smallest absolute Gasteiger partial charge is 0.245 e. The second-order valence-corrected chi connectivity index (χ2v) is 21.5. The summed E-state index contributed by atoms with van der Waals surface area (Å²) in [5.74, 6) is -0.713. The molecule has 4 N–H and O–H groups in total. The average Bonchev–Trinajstić information content (AvgIpc) is 3.35. The van der Waals surface area contributed by atoms with E-state index in [-0.39, 0.29) is 11.8 Å². The van der Waals surface area contributed by atoms with Crippen molar-refractivity contribution in [3.8, 4) is 0 Å². The van der Waals surface area contributed by atoms with Gasteiger partial charge in [0.25, 0.3) is 0 Å². The maximum Gasteiger partial charge on any atom is 0.245 e. The zero-order chi connectivity index (χ0) is 51.1. The Hall–Kier alpha value is -2.37. The Morgan fingerprint density at radius 2 is 0.614 bits per heavy atom. The molecule has 0 aromatic rings. The van der Waals surface area contributed by atoms with Gasteiger partial charge in [0.05, 0.1) is 6.04 Å². The Labute approximate surface area is 437 Å². The van der Waals surface area contributed by atoms with Gasteiger partial charge in [0, 0.05) is 12.8 Å². The van der Waals surface area contributed by atoms with Crippen LogP contribution in [0.15, 0.2) is 36.5 Å². The summed E-state index contributed by atoms with van der Waals surface area (Å²) >= 11 is 0. The first-order valence-corrected chi connectivity index (χ1v) is 31.2. The third kappa shape index (κ3) is 44.3. The largest absolute Gasteiger partial charge is 0.368 e. The molecular formula is C64H121N3O3. The zero-order valence-corrected chi connectivity index (χ0v) is 47.5. The minimum absolute atomic E-state index is 0.0346.